The molecule has 2 rings (SSSR count). The molecule has 1 aromatic carbocycles. The van der Waals surface area contributed by atoms with Gasteiger partial charge >= 0.3 is 0 Å². The first-order valence-corrected chi connectivity index (χ1v) is 7.29. The molecule has 1 unspecified atom stereocenters. The molecule has 0 bridgehead atoms. The third-order valence-corrected chi connectivity index (χ3v) is 3.66. The highest BCUT2D eigenvalue weighted by Gasteiger charge is 2.25. The Morgan fingerprint density at radius 3 is 2.95 bits per heavy atom. The van der Waals surface area contributed by atoms with Crippen LogP contribution in [0.15, 0.2) is 30.3 Å². The van der Waals surface area contributed by atoms with Gasteiger partial charge in [-0.15, -0.1) is 11.6 Å². The van der Waals surface area contributed by atoms with E-state index in [1.807, 2.05) is 30.3 Å². The number of hydrogen-bond donors (Lipinski definition) is 3. The van der Waals surface area contributed by atoms with E-state index in [-0.39, 0.29) is 24.4 Å². The summed E-state index contributed by atoms with van der Waals surface area (Å²) in [5, 5.41) is 15.3. The fourth-order valence-electron chi connectivity index (χ4n) is 2.20. The number of aliphatic hydroxyl groups excluding tert-OH is 1. The van der Waals surface area contributed by atoms with Crippen molar-refractivity contribution in [3.05, 3.63) is 30.3 Å². The molecule has 3 N–H and O–H groups in total. The van der Waals surface area contributed by atoms with Crippen LogP contribution >= 0.6 is 11.6 Å². The second-order valence-electron chi connectivity index (χ2n) is 4.84. The molecule has 0 aromatic heterocycles. The number of para-hydroxylation sites is 1. The number of carbonyl (C=O) groups excluding carboxylic acids is 1. The number of piperazine rings is 1. The Morgan fingerprint density at radius 2 is 2.25 bits per heavy atom. The van der Waals surface area contributed by atoms with Gasteiger partial charge in [0.15, 0.2) is 0 Å². The zero-order valence-electron chi connectivity index (χ0n) is 11.3. The van der Waals surface area contributed by atoms with Gasteiger partial charge in [0.25, 0.3) is 0 Å². The van der Waals surface area contributed by atoms with Crippen LogP contribution in [-0.4, -0.2) is 55.2 Å². The van der Waals surface area contributed by atoms with Crippen molar-refractivity contribution in [1.29, 1.82) is 0 Å². The predicted octanol–water partition coefficient (Wildman–Crippen LogP) is 0.181. The van der Waals surface area contributed by atoms with E-state index < -0.39 is 6.10 Å². The average molecular weight is 298 g/mol. The second-order valence-corrected chi connectivity index (χ2v) is 5.15. The molecule has 110 valence electrons. The molecule has 1 saturated heterocycles. The predicted molar refractivity (Wildman–Crippen MR) is 80.2 cm³/mol. The number of benzene rings is 1. The van der Waals surface area contributed by atoms with E-state index in [0.717, 1.165) is 18.8 Å². The molecule has 1 amide bonds. The number of nitrogens with one attached hydrogen (secondary N) is 2. The summed E-state index contributed by atoms with van der Waals surface area (Å²) in [5.74, 6) is 0.0175. The number of alkyl halides is 1. The van der Waals surface area contributed by atoms with Crippen LogP contribution in [0.2, 0.25) is 0 Å². The lowest BCUT2D eigenvalue weighted by Crippen LogP contribution is -2.57. The number of rotatable bonds is 5. The molecule has 0 spiro atoms. The molecular weight excluding hydrogens is 278 g/mol. The quantitative estimate of drug-likeness (QED) is 0.679. The van der Waals surface area contributed by atoms with Gasteiger partial charge in [0.1, 0.15) is 6.04 Å². The van der Waals surface area contributed by atoms with Gasteiger partial charge in [-0.1, -0.05) is 18.2 Å². The molecule has 1 aromatic rings. The van der Waals surface area contributed by atoms with Gasteiger partial charge in [0.2, 0.25) is 5.91 Å². The molecule has 1 heterocycles. The van der Waals surface area contributed by atoms with Crippen molar-refractivity contribution < 1.29 is 9.90 Å². The van der Waals surface area contributed by atoms with Crippen molar-refractivity contribution >= 4 is 23.2 Å². The summed E-state index contributed by atoms with van der Waals surface area (Å²) in [5.41, 5.74) is 1.12. The van der Waals surface area contributed by atoms with Gasteiger partial charge in [-0.25, -0.2) is 0 Å². The average Bonchev–Trinajstić information content (AvgIpc) is 2.53. The van der Waals surface area contributed by atoms with Crippen LogP contribution in [0.3, 0.4) is 0 Å². The normalized spacial score (nSPS) is 20.5. The largest absolute Gasteiger partial charge is 0.390 e. The maximum Gasteiger partial charge on any atom is 0.239 e. The van der Waals surface area contributed by atoms with Crippen LogP contribution in [0, 0.1) is 0 Å². The van der Waals surface area contributed by atoms with Gasteiger partial charge in [-0.05, 0) is 12.1 Å². The third-order valence-electron chi connectivity index (χ3n) is 3.30. The fraction of sp³-hybridized carbons (Fsp3) is 0.500. The van der Waals surface area contributed by atoms with Crippen molar-refractivity contribution in [3.63, 3.8) is 0 Å². The Labute approximate surface area is 123 Å². The number of anilines is 1. The molecule has 5 nitrogen and oxygen atoms in total. The van der Waals surface area contributed by atoms with Crippen molar-refractivity contribution in [2.24, 2.45) is 0 Å². The monoisotopic (exact) mass is 297 g/mol. The first-order chi connectivity index (χ1) is 9.70. The summed E-state index contributed by atoms with van der Waals surface area (Å²) in [6, 6.07) is 9.76. The zero-order chi connectivity index (χ0) is 14.4. The van der Waals surface area contributed by atoms with Crippen LogP contribution in [0.25, 0.3) is 0 Å². The van der Waals surface area contributed by atoms with Crippen molar-refractivity contribution in [2.45, 2.75) is 12.1 Å². The van der Waals surface area contributed by atoms with E-state index >= 15 is 0 Å². The number of carbonyl (C=O) groups is 1. The summed E-state index contributed by atoms with van der Waals surface area (Å²) >= 11 is 5.50. The smallest absolute Gasteiger partial charge is 0.239 e. The van der Waals surface area contributed by atoms with Crippen molar-refractivity contribution in [1.82, 2.24) is 10.6 Å². The van der Waals surface area contributed by atoms with Crippen LogP contribution in [0.1, 0.15) is 0 Å². The Morgan fingerprint density at radius 1 is 1.50 bits per heavy atom. The first-order valence-electron chi connectivity index (χ1n) is 6.76. The Balaban J connectivity index is 1.88. The Hall–Kier alpha value is -1.30. The summed E-state index contributed by atoms with van der Waals surface area (Å²) in [7, 11) is 0. The standard InChI is InChI=1S/C14H20ClN3O2/c15-8-12(19)9-17-14(20)13-10-18(7-6-16-13)11-4-2-1-3-5-11/h1-5,12-13,16,19H,6-10H2,(H,17,20)/t12-,13?/m0/s1. The lowest BCUT2D eigenvalue weighted by atomic mass is 10.1. The number of hydrogen-bond acceptors (Lipinski definition) is 4. The third kappa shape index (κ3) is 4.10. The van der Waals surface area contributed by atoms with Crippen LogP contribution in [-0.2, 0) is 4.79 Å². The molecule has 0 saturated carbocycles. The Bertz CT molecular complexity index is 430. The second kappa shape index (κ2) is 7.47. The topological polar surface area (TPSA) is 64.6 Å². The number of amides is 1. The van der Waals surface area contributed by atoms with E-state index in [1.54, 1.807) is 0 Å². The molecule has 0 radical (unpaired) electrons. The van der Waals surface area contributed by atoms with Gasteiger partial charge < -0.3 is 20.6 Å². The van der Waals surface area contributed by atoms with E-state index in [2.05, 4.69) is 15.5 Å². The van der Waals surface area contributed by atoms with E-state index in [4.69, 9.17) is 11.6 Å². The van der Waals surface area contributed by atoms with E-state index in [9.17, 15) is 9.90 Å². The maximum absolute atomic E-state index is 12.0. The fourth-order valence-corrected chi connectivity index (χ4v) is 2.30. The summed E-state index contributed by atoms with van der Waals surface area (Å²) < 4.78 is 0. The first kappa shape index (κ1) is 15.1. The zero-order valence-corrected chi connectivity index (χ0v) is 12.0. The summed E-state index contributed by atoms with van der Waals surface area (Å²) in [6.07, 6.45) is -0.700. The molecule has 6 heteroatoms. The van der Waals surface area contributed by atoms with Gasteiger partial charge in [-0.3, -0.25) is 4.79 Å². The molecule has 0 aliphatic carbocycles. The SMILES string of the molecule is O=C(NC[C@@H](O)CCl)C1CN(c2ccccc2)CCN1. The highest BCUT2D eigenvalue weighted by atomic mass is 35.5. The lowest BCUT2D eigenvalue weighted by molar-refractivity contribution is -0.123. The number of nitrogens with zero attached hydrogens (tertiary/aromatic N) is 1. The highest BCUT2D eigenvalue weighted by molar-refractivity contribution is 6.18. The van der Waals surface area contributed by atoms with E-state index in [1.165, 1.54) is 0 Å². The van der Waals surface area contributed by atoms with Crippen molar-refractivity contribution in [3.8, 4) is 0 Å². The highest BCUT2D eigenvalue weighted by Crippen LogP contribution is 2.14. The van der Waals surface area contributed by atoms with Crippen LogP contribution in [0.5, 0.6) is 0 Å². The lowest BCUT2D eigenvalue weighted by Gasteiger charge is -2.34. The minimum atomic E-state index is -0.700. The van der Waals surface area contributed by atoms with Crippen molar-refractivity contribution in [2.75, 3.05) is 37.0 Å². The molecule has 2 atom stereocenters. The maximum atomic E-state index is 12.0. The van der Waals surface area contributed by atoms with Gasteiger partial charge in [0, 0.05) is 31.9 Å². The van der Waals surface area contributed by atoms with Gasteiger partial charge in [0.05, 0.1) is 12.0 Å². The van der Waals surface area contributed by atoms with Gasteiger partial charge in [-0.2, -0.15) is 0 Å². The number of aliphatic hydroxyl groups is 1. The molecular formula is C14H20ClN3O2. The molecule has 1 fully saturated rings. The summed E-state index contributed by atoms with van der Waals surface area (Å²) in [6.45, 7) is 2.43. The van der Waals surface area contributed by atoms with Crippen LogP contribution < -0.4 is 15.5 Å². The molecule has 1 aliphatic rings. The minimum absolute atomic E-state index is 0.102. The Kier molecular flexibility index (Phi) is 5.64. The van der Waals surface area contributed by atoms with Crippen LogP contribution in [0.4, 0.5) is 5.69 Å². The van der Waals surface area contributed by atoms with E-state index in [0.29, 0.717) is 6.54 Å². The summed E-state index contributed by atoms with van der Waals surface area (Å²) in [4.78, 5) is 14.2. The molecule has 1 aliphatic heterocycles. The minimum Gasteiger partial charge on any atom is -0.390 e. The molecule has 20 heavy (non-hydrogen) atoms. The number of halogens is 1.